The van der Waals surface area contributed by atoms with Crippen molar-refractivity contribution in [3.8, 4) is 6.07 Å². The average molecular weight is 196 g/mol. The summed E-state index contributed by atoms with van der Waals surface area (Å²) in [5, 5.41) is 18.8. The quantitative estimate of drug-likeness (QED) is 0.503. The van der Waals surface area contributed by atoms with Gasteiger partial charge in [0.1, 0.15) is 0 Å². The second kappa shape index (κ2) is 7.74. The number of nitriles is 1. The minimum Gasteiger partial charge on any atom is -0.317 e. The predicted molar refractivity (Wildman–Crippen MR) is 57.0 cm³/mol. The molecule has 0 saturated carbocycles. The second-order valence-corrected chi connectivity index (χ2v) is 3.63. The highest BCUT2D eigenvalue weighted by atomic mass is 14.9. The van der Waals surface area contributed by atoms with E-state index in [4.69, 9.17) is 5.26 Å². The third kappa shape index (κ3) is 5.18. The fourth-order valence-corrected chi connectivity index (χ4v) is 1.54. The Balaban J connectivity index is 2.21. The lowest BCUT2D eigenvalue weighted by molar-refractivity contribution is 0.492. The molecule has 1 aliphatic rings. The van der Waals surface area contributed by atoms with Crippen molar-refractivity contribution in [2.45, 2.75) is 25.3 Å². The summed E-state index contributed by atoms with van der Waals surface area (Å²) in [4.78, 5) is 0. The van der Waals surface area contributed by atoms with Crippen LogP contribution < -0.4 is 16.0 Å². The first-order valence-electron chi connectivity index (χ1n) is 5.48. The third-order valence-electron chi connectivity index (χ3n) is 2.39. The van der Waals surface area contributed by atoms with Gasteiger partial charge in [-0.2, -0.15) is 5.26 Å². The fraction of sp³-hybridized carbons (Fsp3) is 0.900. The van der Waals surface area contributed by atoms with Gasteiger partial charge in [-0.1, -0.05) is 0 Å². The molecule has 1 fully saturated rings. The van der Waals surface area contributed by atoms with E-state index in [2.05, 4.69) is 22.0 Å². The third-order valence-corrected chi connectivity index (χ3v) is 2.39. The van der Waals surface area contributed by atoms with E-state index in [0.717, 1.165) is 45.6 Å². The number of nitrogens with zero attached hydrogens (tertiary/aromatic N) is 1. The molecule has 0 radical (unpaired) electrons. The monoisotopic (exact) mass is 196 g/mol. The van der Waals surface area contributed by atoms with Crippen LogP contribution in [-0.2, 0) is 0 Å². The normalized spacial score (nSPS) is 26.9. The van der Waals surface area contributed by atoms with Crippen LogP contribution in [0.2, 0.25) is 0 Å². The zero-order valence-electron chi connectivity index (χ0n) is 8.68. The molecular weight excluding hydrogens is 176 g/mol. The number of hydrogen-bond acceptors (Lipinski definition) is 4. The summed E-state index contributed by atoms with van der Waals surface area (Å²) in [6.07, 6.45) is 3.18. The van der Waals surface area contributed by atoms with E-state index in [1.165, 1.54) is 6.42 Å². The Hall–Kier alpha value is -0.630. The second-order valence-electron chi connectivity index (χ2n) is 3.63. The summed E-state index contributed by atoms with van der Waals surface area (Å²) >= 11 is 0. The predicted octanol–water partition coefficient (Wildman–Crippen LogP) is -0.169. The van der Waals surface area contributed by atoms with Crippen molar-refractivity contribution in [1.82, 2.24) is 16.0 Å². The summed E-state index contributed by atoms with van der Waals surface area (Å²) in [6, 6.07) is 2.30. The van der Waals surface area contributed by atoms with E-state index in [1.54, 1.807) is 0 Å². The van der Waals surface area contributed by atoms with Gasteiger partial charge in [0.15, 0.2) is 0 Å². The van der Waals surface area contributed by atoms with Crippen LogP contribution >= 0.6 is 0 Å². The Labute approximate surface area is 86.1 Å². The summed E-state index contributed by atoms with van der Waals surface area (Å²) in [5.74, 6) is 0. The van der Waals surface area contributed by atoms with Gasteiger partial charge >= 0.3 is 0 Å². The highest BCUT2D eigenvalue weighted by molar-refractivity contribution is 4.89. The van der Waals surface area contributed by atoms with Gasteiger partial charge in [-0.25, -0.2) is 0 Å². The average Bonchev–Trinajstić information content (AvgIpc) is 2.19. The van der Waals surface area contributed by atoms with Crippen molar-refractivity contribution in [3.05, 3.63) is 0 Å². The van der Waals surface area contributed by atoms with Gasteiger partial charge in [0.05, 0.1) is 12.1 Å². The summed E-state index contributed by atoms with van der Waals surface area (Å²) in [6.45, 7) is 5.06. The maximum Gasteiger partial charge on any atom is 0.0965 e. The van der Waals surface area contributed by atoms with Crippen LogP contribution in [0, 0.1) is 11.3 Å². The Morgan fingerprint density at radius 3 is 2.29 bits per heavy atom. The van der Waals surface area contributed by atoms with Crippen molar-refractivity contribution in [1.29, 1.82) is 5.26 Å². The van der Waals surface area contributed by atoms with E-state index >= 15 is 0 Å². The standard InChI is InChI=1S/C10H20N4/c11-9-10-3-8-13-5-1-4-12-6-2-7-14-10/h10,12-14H,1-8H2. The van der Waals surface area contributed by atoms with Crippen LogP contribution in [0.4, 0.5) is 0 Å². The topological polar surface area (TPSA) is 59.9 Å². The van der Waals surface area contributed by atoms with Crippen LogP contribution in [0.3, 0.4) is 0 Å². The first-order valence-corrected chi connectivity index (χ1v) is 5.48. The van der Waals surface area contributed by atoms with Gasteiger partial charge < -0.3 is 16.0 Å². The van der Waals surface area contributed by atoms with Crippen LogP contribution in [0.25, 0.3) is 0 Å². The first kappa shape index (κ1) is 11.4. The van der Waals surface area contributed by atoms with Crippen LogP contribution in [0.5, 0.6) is 0 Å². The Kier molecular flexibility index (Phi) is 6.33. The van der Waals surface area contributed by atoms with Crippen molar-refractivity contribution in [2.75, 3.05) is 32.7 Å². The van der Waals surface area contributed by atoms with Gasteiger partial charge in [-0.3, -0.25) is 0 Å². The van der Waals surface area contributed by atoms with E-state index in [0.29, 0.717) is 0 Å². The maximum absolute atomic E-state index is 8.84. The summed E-state index contributed by atoms with van der Waals surface area (Å²) < 4.78 is 0. The minimum atomic E-state index is 0.0157. The summed E-state index contributed by atoms with van der Waals surface area (Å²) in [7, 11) is 0. The molecule has 1 saturated heterocycles. The lowest BCUT2D eigenvalue weighted by Gasteiger charge is -2.14. The molecule has 0 amide bonds. The number of rotatable bonds is 0. The van der Waals surface area contributed by atoms with Crippen LogP contribution in [-0.4, -0.2) is 38.8 Å². The molecule has 1 heterocycles. The smallest absolute Gasteiger partial charge is 0.0965 e. The molecule has 0 spiro atoms. The van der Waals surface area contributed by atoms with Crippen LogP contribution in [0.1, 0.15) is 19.3 Å². The van der Waals surface area contributed by atoms with E-state index in [1.807, 2.05) is 0 Å². The largest absolute Gasteiger partial charge is 0.317 e. The van der Waals surface area contributed by atoms with E-state index in [9.17, 15) is 0 Å². The molecule has 0 aliphatic carbocycles. The molecular formula is C10H20N4. The van der Waals surface area contributed by atoms with Gasteiger partial charge in [0, 0.05) is 0 Å². The molecule has 1 unspecified atom stereocenters. The number of nitrogens with one attached hydrogen (secondary N) is 3. The molecule has 4 heteroatoms. The van der Waals surface area contributed by atoms with Crippen LogP contribution in [0.15, 0.2) is 0 Å². The molecule has 3 N–H and O–H groups in total. The van der Waals surface area contributed by atoms with Gasteiger partial charge in [0.2, 0.25) is 0 Å². The molecule has 0 bridgehead atoms. The first-order chi connectivity index (χ1) is 6.93. The SMILES string of the molecule is N#CC1CCNCCCNCCCN1. The van der Waals surface area contributed by atoms with Crippen molar-refractivity contribution in [3.63, 3.8) is 0 Å². The molecule has 1 aliphatic heterocycles. The van der Waals surface area contributed by atoms with Gasteiger partial charge in [-0.15, -0.1) is 0 Å². The molecule has 14 heavy (non-hydrogen) atoms. The highest BCUT2D eigenvalue weighted by Crippen LogP contribution is 1.90. The van der Waals surface area contributed by atoms with Crippen molar-refractivity contribution in [2.24, 2.45) is 0 Å². The van der Waals surface area contributed by atoms with E-state index < -0.39 is 0 Å². The lowest BCUT2D eigenvalue weighted by atomic mass is 10.2. The Bertz CT molecular complexity index is 163. The van der Waals surface area contributed by atoms with Crippen molar-refractivity contribution >= 4 is 0 Å². The highest BCUT2D eigenvalue weighted by Gasteiger charge is 2.05. The molecule has 4 nitrogen and oxygen atoms in total. The van der Waals surface area contributed by atoms with E-state index in [-0.39, 0.29) is 6.04 Å². The number of hydrogen-bond donors (Lipinski definition) is 3. The van der Waals surface area contributed by atoms with Gasteiger partial charge in [0.25, 0.3) is 0 Å². The van der Waals surface area contributed by atoms with Gasteiger partial charge in [-0.05, 0) is 52.0 Å². The maximum atomic E-state index is 8.84. The molecule has 0 aromatic carbocycles. The molecule has 1 rings (SSSR count). The molecule has 0 aromatic heterocycles. The lowest BCUT2D eigenvalue weighted by Crippen LogP contribution is -2.35. The Morgan fingerprint density at radius 2 is 1.57 bits per heavy atom. The molecule has 1 atom stereocenters. The zero-order valence-corrected chi connectivity index (χ0v) is 8.68. The zero-order chi connectivity index (χ0) is 10.1. The molecule has 0 aromatic rings. The minimum absolute atomic E-state index is 0.0157. The Morgan fingerprint density at radius 1 is 0.929 bits per heavy atom. The summed E-state index contributed by atoms with van der Waals surface area (Å²) in [5.41, 5.74) is 0. The molecule has 80 valence electrons. The fourth-order valence-electron chi connectivity index (χ4n) is 1.54. The van der Waals surface area contributed by atoms with Crippen molar-refractivity contribution < 1.29 is 0 Å².